The Hall–Kier alpha value is 0.940. The highest BCUT2D eigenvalue weighted by Gasteiger charge is 2.02. The third kappa shape index (κ3) is 5.39. The molecule has 0 aliphatic carbocycles. The molecule has 4 heteroatoms. The molecule has 0 spiro atoms. The normalized spacial score (nSPS) is 13.7. The molecule has 0 saturated heterocycles. The molecule has 0 N–H and O–H groups in total. The molecular weight excluding hydrogens is 254 g/mol. The molecule has 0 aliphatic heterocycles. The number of hydrogen-bond acceptors (Lipinski definition) is 2. The average Bonchev–Trinajstić information content (AvgIpc) is 1.91. The van der Waals surface area contributed by atoms with Crippen LogP contribution in [0.3, 0.4) is 0 Å². The highest BCUT2D eigenvalue weighted by molar-refractivity contribution is 14.1. The van der Waals surface area contributed by atoms with Crippen LogP contribution in [0.1, 0.15) is 0 Å². The quantitative estimate of drug-likeness (QED) is 0.427. The van der Waals surface area contributed by atoms with Crippen molar-refractivity contribution < 1.29 is 9.47 Å². The Kier molecular flexibility index (Phi) is 7.79. The minimum atomic E-state index is 0.132. The maximum absolute atomic E-state index is 5.52. The first-order chi connectivity index (χ1) is 4.35. The zero-order valence-corrected chi connectivity index (χ0v) is 8.18. The van der Waals surface area contributed by atoms with Crippen molar-refractivity contribution in [2.24, 2.45) is 0 Å². The maximum Gasteiger partial charge on any atom is 0.146 e. The van der Waals surface area contributed by atoms with Crippen molar-refractivity contribution in [2.45, 2.75) is 6.10 Å². The zero-order chi connectivity index (χ0) is 7.11. The molecule has 1 atom stereocenters. The van der Waals surface area contributed by atoms with Crippen molar-refractivity contribution >= 4 is 34.2 Å². The summed E-state index contributed by atoms with van der Waals surface area (Å²) >= 11 is 7.74. The van der Waals surface area contributed by atoms with Crippen molar-refractivity contribution in [3.63, 3.8) is 0 Å². The molecule has 0 bridgehead atoms. The lowest BCUT2D eigenvalue weighted by Crippen LogP contribution is -2.17. The fourth-order valence-corrected chi connectivity index (χ4v) is 1.43. The number of hydrogen-bond donors (Lipinski definition) is 0. The van der Waals surface area contributed by atoms with Crippen LogP contribution in [0.15, 0.2) is 0 Å². The first-order valence-electron chi connectivity index (χ1n) is 2.57. The molecule has 0 amide bonds. The monoisotopic (exact) mass is 264 g/mol. The van der Waals surface area contributed by atoms with E-state index in [0.717, 1.165) is 4.43 Å². The summed E-state index contributed by atoms with van der Waals surface area (Å²) in [5.74, 6) is 0.534. The van der Waals surface area contributed by atoms with Crippen LogP contribution in [0.4, 0.5) is 0 Å². The van der Waals surface area contributed by atoms with Crippen molar-refractivity contribution in [1.29, 1.82) is 0 Å². The Bertz CT molecular complexity index is 58.9. The van der Waals surface area contributed by atoms with Gasteiger partial charge >= 0.3 is 0 Å². The Labute approximate surface area is 74.0 Å². The smallest absolute Gasteiger partial charge is 0.146 e. The predicted molar refractivity (Wildman–Crippen MR) is 46.4 cm³/mol. The van der Waals surface area contributed by atoms with Crippen LogP contribution in [0.25, 0.3) is 0 Å². The second-order valence-electron chi connectivity index (χ2n) is 1.50. The van der Waals surface area contributed by atoms with Gasteiger partial charge in [0.1, 0.15) is 6.79 Å². The summed E-state index contributed by atoms with van der Waals surface area (Å²) in [7, 11) is 1.60. The molecule has 0 radical (unpaired) electrons. The highest BCUT2D eigenvalue weighted by atomic mass is 127. The van der Waals surface area contributed by atoms with Gasteiger partial charge in [-0.3, -0.25) is 0 Å². The molecule has 0 heterocycles. The van der Waals surface area contributed by atoms with Gasteiger partial charge in [-0.05, 0) is 0 Å². The van der Waals surface area contributed by atoms with Crippen LogP contribution >= 0.6 is 34.2 Å². The van der Waals surface area contributed by atoms with E-state index in [1.807, 2.05) is 0 Å². The van der Waals surface area contributed by atoms with Gasteiger partial charge in [-0.2, -0.15) is 0 Å². The molecule has 0 saturated carbocycles. The standard InChI is InChI=1S/C5H10ClIO2/c1-8-4-9-5(2-6)3-7/h5H,2-4H2,1H3. The number of alkyl halides is 2. The van der Waals surface area contributed by atoms with E-state index in [9.17, 15) is 0 Å². The predicted octanol–water partition coefficient (Wildman–Crippen LogP) is 1.65. The lowest BCUT2D eigenvalue weighted by Gasteiger charge is -2.09. The van der Waals surface area contributed by atoms with E-state index in [2.05, 4.69) is 22.6 Å². The van der Waals surface area contributed by atoms with E-state index in [4.69, 9.17) is 21.1 Å². The van der Waals surface area contributed by atoms with Crippen LogP contribution in [0, 0.1) is 0 Å². The van der Waals surface area contributed by atoms with Gasteiger partial charge in [-0.25, -0.2) is 0 Å². The van der Waals surface area contributed by atoms with Gasteiger partial charge in [0.2, 0.25) is 0 Å². The summed E-state index contributed by atoms with van der Waals surface area (Å²) in [6.45, 7) is 0.334. The van der Waals surface area contributed by atoms with Crippen LogP contribution in [0.5, 0.6) is 0 Å². The minimum Gasteiger partial charge on any atom is -0.359 e. The highest BCUT2D eigenvalue weighted by Crippen LogP contribution is 1.99. The second-order valence-corrected chi connectivity index (χ2v) is 2.69. The number of ether oxygens (including phenoxy) is 2. The molecule has 9 heavy (non-hydrogen) atoms. The first-order valence-corrected chi connectivity index (χ1v) is 4.63. The van der Waals surface area contributed by atoms with Crippen LogP contribution in [0.2, 0.25) is 0 Å². The van der Waals surface area contributed by atoms with Gasteiger partial charge in [-0.15, -0.1) is 11.6 Å². The summed E-state index contributed by atoms with van der Waals surface area (Å²) in [6.07, 6.45) is 0.132. The number of halogens is 2. The Morgan fingerprint density at radius 1 is 1.67 bits per heavy atom. The first kappa shape index (κ1) is 9.94. The Balaban J connectivity index is 3.09. The van der Waals surface area contributed by atoms with Crippen molar-refractivity contribution in [3.05, 3.63) is 0 Å². The molecule has 0 aromatic carbocycles. The molecule has 0 aliphatic rings. The van der Waals surface area contributed by atoms with Crippen molar-refractivity contribution in [2.75, 3.05) is 24.2 Å². The summed E-state index contributed by atoms with van der Waals surface area (Å²) in [5, 5.41) is 0. The molecule has 0 aromatic rings. The molecule has 1 unspecified atom stereocenters. The van der Waals surface area contributed by atoms with E-state index in [-0.39, 0.29) is 6.10 Å². The average molecular weight is 264 g/mol. The summed E-state index contributed by atoms with van der Waals surface area (Å²) in [5.41, 5.74) is 0. The summed E-state index contributed by atoms with van der Waals surface area (Å²) < 4.78 is 10.7. The fraction of sp³-hybridized carbons (Fsp3) is 1.00. The van der Waals surface area contributed by atoms with Gasteiger partial charge in [0, 0.05) is 17.4 Å². The van der Waals surface area contributed by atoms with E-state index in [0.29, 0.717) is 12.7 Å². The van der Waals surface area contributed by atoms with Gasteiger partial charge in [0.15, 0.2) is 0 Å². The van der Waals surface area contributed by atoms with Crippen molar-refractivity contribution in [1.82, 2.24) is 0 Å². The lowest BCUT2D eigenvalue weighted by molar-refractivity contribution is -0.0551. The second kappa shape index (κ2) is 7.05. The third-order valence-electron chi connectivity index (χ3n) is 0.766. The van der Waals surface area contributed by atoms with Gasteiger partial charge < -0.3 is 9.47 Å². The molecule has 2 nitrogen and oxygen atoms in total. The van der Waals surface area contributed by atoms with E-state index >= 15 is 0 Å². The van der Waals surface area contributed by atoms with Crippen LogP contribution in [-0.2, 0) is 9.47 Å². The fourth-order valence-electron chi connectivity index (χ4n) is 0.295. The van der Waals surface area contributed by atoms with Crippen LogP contribution < -0.4 is 0 Å². The molecular formula is C5H10ClIO2. The third-order valence-corrected chi connectivity index (χ3v) is 2.09. The van der Waals surface area contributed by atoms with E-state index in [1.54, 1.807) is 7.11 Å². The Morgan fingerprint density at radius 3 is 2.67 bits per heavy atom. The van der Waals surface area contributed by atoms with Gasteiger partial charge in [0.25, 0.3) is 0 Å². The largest absolute Gasteiger partial charge is 0.359 e. The van der Waals surface area contributed by atoms with Gasteiger partial charge in [-0.1, -0.05) is 22.6 Å². The molecule has 0 fully saturated rings. The summed E-state index contributed by atoms with van der Waals surface area (Å²) in [6, 6.07) is 0. The number of rotatable bonds is 5. The summed E-state index contributed by atoms with van der Waals surface area (Å²) in [4.78, 5) is 0. The maximum atomic E-state index is 5.52. The topological polar surface area (TPSA) is 18.5 Å². The Morgan fingerprint density at radius 2 is 2.33 bits per heavy atom. The lowest BCUT2D eigenvalue weighted by atomic mass is 10.5. The molecule has 56 valence electrons. The number of methoxy groups -OCH3 is 1. The van der Waals surface area contributed by atoms with Crippen molar-refractivity contribution in [3.8, 4) is 0 Å². The molecule has 0 rings (SSSR count). The van der Waals surface area contributed by atoms with E-state index < -0.39 is 0 Å². The SMILES string of the molecule is COCOC(CCl)CI. The zero-order valence-electron chi connectivity index (χ0n) is 5.27. The van der Waals surface area contributed by atoms with Crippen LogP contribution in [-0.4, -0.2) is 30.3 Å². The minimum absolute atomic E-state index is 0.132. The van der Waals surface area contributed by atoms with Gasteiger partial charge in [0.05, 0.1) is 6.10 Å². The van der Waals surface area contributed by atoms with E-state index in [1.165, 1.54) is 0 Å². The molecule has 0 aromatic heterocycles.